The van der Waals surface area contributed by atoms with E-state index in [1.807, 2.05) is 19.1 Å². The quantitative estimate of drug-likeness (QED) is 0.565. The van der Waals surface area contributed by atoms with Crippen molar-refractivity contribution < 1.29 is 27.5 Å². The van der Waals surface area contributed by atoms with Crippen molar-refractivity contribution in [2.24, 2.45) is 0 Å². The van der Waals surface area contributed by atoms with Crippen LogP contribution in [0, 0.1) is 0 Å². The Kier molecular flexibility index (Phi) is 6.79. The molecule has 8 heteroatoms. The van der Waals surface area contributed by atoms with Gasteiger partial charge in [-0.05, 0) is 32.4 Å². The minimum atomic E-state index is -3.08. The summed E-state index contributed by atoms with van der Waals surface area (Å²) in [5.74, 6) is -0.546. The van der Waals surface area contributed by atoms with Crippen molar-refractivity contribution in [3.05, 3.63) is 35.9 Å². The van der Waals surface area contributed by atoms with E-state index in [0.717, 1.165) is 5.56 Å². The maximum atomic E-state index is 12.0. The van der Waals surface area contributed by atoms with Gasteiger partial charge in [-0.3, -0.25) is 4.79 Å². The second-order valence-corrected chi connectivity index (χ2v) is 8.22. The van der Waals surface area contributed by atoms with Crippen molar-refractivity contribution in [3.63, 3.8) is 0 Å². The Balaban J connectivity index is 1.88. The van der Waals surface area contributed by atoms with Crippen LogP contribution in [0.5, 0.6) is 5.75 Å². The van der Waals surface area contributed by atoms with Gasteiger partial charge in [0.15, 0.2) is 15.9 Å². The molecule has 1 heterocycles. The molecule has 2 rings (SSSR count). The first-order chi connectivity index (χ1) is 12.3. The Bertz CT molecular complexity index is 787. The van der Waals surface area contributed by atoms with Gasteiger partial charge in [0.05, 0.1) is 18.1 Å². The highest BCUT2D eigenvalue weighted by Gasteiger charge is 2.30. The number of nitrogens with one attached hydrogen (secondary N) is 1. The molecule has 1 fully saturated rings. The second kappa shape index (κ2) is 8.84. The molecule has 1 N–H and O–H groups in total. The molecular weight excluding hydrogens is 358 g/mol. The predicted molar refractivity (Wildman–Crippen MR) is 97.4 cm³/mol. The number of hydrogen-bond acceptors (Lipinski definition) is 6. The Morgan fingerprint density at radius 1 is 1.35 bits per heavy atom. The molecule has 0 spiro atoms. The molecule has 1 amide bonds. The van der Waals surface area contributed by atoms with E-state index in [-0.39, 0.29) is 11.5 Å². The maximum absolute atomic E-state index is 12.0. The van der Waals surface area contributed by atoms with Gasteiger partial charge in [0.1, 0.15) is 5.75 Å². The van der Waals surface area contributed by atoms with Crippen molar-refractivity contribution in [1.82, 2.24) is 5.32 Å². The number of carbonyl (C=O) groups excluding carboxylic acids is 2. The van der Waals surface area contributed by atoms with Crippen LogP contribution in [0.1, 0.15) is 25.8 Å². The molecule has 0 saturated carbocycles. The van der Waals surface area contributed by atoms with Gasteiger partial charge in [0, 0.05) is 17.7 Å². The average Bonchev–Trinajstić information content (AvgIpc) is 2.92. The summed E-state index contributed by atoms with van der Waals surface area (Å²) in [7, 11) is -3.08. The van der Waals surface area contributed by atoms with Crippen molar-refractivity contribution in [1.29, 1.82) is 0 Å². The highest BCUT2D eigenvalue weighted by atomic mass is 32.2. The zero-order valence-electron chi connectivity index (χ0n) is 14.8. The van der Waals surface area contributed by atoms with Crippen molar-refractivity contribution in [2.75, 3.05) is 18.1 Å². The molecule has 26 heavy (non-hydrogen) atoms. The molecule has 0 aromatic heterocycles. The van der Waals surface area contributed by atoms with Gasteiger partial charge in [-0.2, -0.15) is 0 Å². The zero-order chi connectivity index (χ0) is 19.2. The first-order valence-electron chi connectivity index (χ1n) is 8.42. The topological polar surface area (TPSA) is 98.8 Å². The largest absolute Gasteiger partial charge is 0.493 e. The number of ether oxygens (including phenoxy) is 2. The predicted octanol–water partition coefficient (Wildman–Crippen LogP) is 1.33. The second-order valence-electron chi connectivity index (χ2n) is 5.99. The van der Waals surface area contributed by atoms with Gasteiger partial charge >= 0.3 is 5.97 Å². The Morgan fingerprint density at radius 3 is 2.73 bits per heavy atom. The molecule has 0 bridgehead atoms. The fourth-order valence-corrected chi connectivity index (χ4v) is 4.23. The lowest BCUT2D eigenvalue weighted by Crippen LogP contribution is -2.42. The van der Waals surface area contributed by atoms with Crippen LogP contribution in [0.3, 0.4) is 0 Å². The first kappa shape index (κ1) is 20.0. The summed E-state index contributed by atoms with van der Waals surface area (Å²) in [6, 6.07) is 6.81. The molecule has 7 nitrogen and oxygen atoms in total. The van der Waals surface area contributed by atoms with Crippen LogP contribution in [0.2, 0.25) is 0 Å². The van der Waals surface area contributed by atoms with E-state index in [0.29, 0.717) is 18.8 Å². The molecule has 142 valence electrons. The average molecular weight is 381 g/mol. The molecule has 0 aliphatic carbocycles. The lowest BCUT2D eigenvalue weighted by Gasteiger charge is -2.15. The lowest BCUT2D eigenvalue weighted by molar-refractivity contribution is -0.150. The van der Waals surface area contributed by atoms with E-state index >= 15 is 0 Å². The minimum absolute atomic E-state index is 0.0636. The number of carbonyl (C=O) groups is 2. The van der Waals surface area contributed by atoms with Gasteiger partial charge < -0.3 is 14.8 Å². The molecule has 0 radical (unpaired) electrons. The summed E-state index contributed by atoms with van der Waals surface area (Å²) in [4.78, 5) is 23.9. The zero-order valence-corrected chi connectivity index (χ0v) is 15.6. The number of esters is 1. The third-order valence-corrected chi connectivity index (χ3v) is 5.63. The number of sulfone groups is 1. The van der Waals surface area contributed by atoms with Crippen LogP contribution in [0.4, 0.5) is 0 Å². The summed E-state index contributed by atoms with van der Waals surface area (Å²) < 4.78 is 33.3. The summed E-state index contributed by atoms with van der Waals surface area (Å²) in [6.45, 7) is 3.81. The number of hydrogen-bond donors (Lipinski definition) is 1. The highest BCUT2D eigenvalue weighted by molar-refractivity contribution is 7.91. The first-order valence-corrected chi connectivity index (χ1v) is 10.2. The molecule has 1 aliphatic rings. The van der Waals surface area contributed by atoms with Crippen LogP contribution in [-0.4, -0.2) is 50.6 Å². The van der Waals surface area contributed by atoms with E-state index < -0.39 is 33.9 Å². The van der Waals surface area contributed by atoms with Crippen LogP contribution in [0.15, 0.2) is 30.3 Å². The van der Waals surface area contributed by atoms with E-state index in [2.05, 4.69) is 5.32 Å². The summed E-state index contributed by atoms with van der Waals surface area (Å²) in [5, 5.41) is 2.60. The number of benzene rings is 1. The molecular formula is C18H23NO6S. The smallest absolute Gasteiger partial charge is 0.331 e. The van der Waals surface area contributed by atoms with Crippen LogP contribution in [-0.2, 0) is 24.2 Å². The van der Waals surface area contributed by atoms with E-state index in [1.54, 1.807) is 18.2 Å². The highest BCUT2D eigenvalue weighted by Crippen LogP contribution is 2.19. The summed E-state index contributed by atoms with van der Waals surface area (Å²) in [6.07, 6.45) is 2.14. The van der Waals surface area contributed by atoms with Gasteiger partial charge in [0.25, 0.3) is 5.91 Å². The van der Waals surface area contributed by atoms with Crippen molar-refractivity contribution in [2.45, 2.75) is 32.4 Å². The van der Waals surface area contributed by atoms with Crippen molar-refractivity contribution in [3.8, 4) is 5.75 Å². The number of rotatable bonds is 7. The molecule has 0 unspecified atom stereocenters. The van der Waals surface area contributed by atoms with E-state index in [4.69, 9.17) is 9.47 Å². The fourth-order valence-electron chi connectivity index (χ4n) is 2.56. The maximum Gasteiger partial charge on any atom is 0.331 e. The summed E-state index contributed by atoms with van der Waals surface area (Å²) in [5.41, 5.74) is 0.722. The summed E-state index contributed by atoms with van der Waals surface area (Å²) >= 11 is 0. The molecule has 1 aromatic rings. The SMILES string of the molecule is CCOc1ccccc1/C=C/C(=O)O[C@H](C)C(=O)N[C@H]1CCS(=O)(=O)C1. The number of amides is 1. The lowest BCUT2D eigenvalue weighted by atomic mass is 10.2. The molecule has 1 saturated heterocycles. The normalized spacial score (nSPS) is 19.8. The third kappa shape index (κ3) is 5.87. The standard InChI is InChI=1S/C18H23NO6S/c1-3-24-16-7-5-4-6-14(16)8-9-17(20)25-13(2)18(21)19-15-10-11-26(22,23)12-15/h4-9,13,15H,3,10-12H2,1-2H3,(H,19,21)/b9-8+/t13-,15+/m1/s1. The van der Waals surface area contributed by atoms with E-state index in [1.165, 1.54) is 13.0 Å². The third-order valence-electron chi connectivity index (χ3n) is 3.86. The van der Waals surface area contributed by atoms with Crippen molar-refractivity contribution >= 4 is 27.8 Å². The Morgan fingerprint density at radius 2 is 2.08 bits per heavy atom. The van der Waals surface area contributed by atoms with Crippen LogP contribution >= 0.6 is 0 Å². The molecule has 2 atom stereocenters. The van der Waals surface area contributed by atoms with Crippen LogP contribution in [0.25, 0.3) is 6.08 Å². The van der Waals surface area contributed by atoms with Gasteiger partial charge in [-0.25, -0.2) is 13.2 Å². The monoisotopic (exact) mass is 381 g/mol. The molecule has 1 aliphatic heterocycles. The Hall–Kier alpha value is -2.35. The van der Waals surface area contributed by atoms with Gasteiger partial charge in [-0.15, -0.1) is 0 Å². The minimum Gasteiger partial charge on any atom is -0.493 e. The van der Waals surface area contributed by atoms with Crippen LogP contribution < -0.4 is 10.1 Å². The van der Waals surface area contributed by atoms with Gasteiger partial charge in [-0.1, -0.05) is 18.2 Å². The number of para-hydroxylation sites is 1. The molecule has 1 aromatic carbocycles. The fraction of sp³-hybridized carbons (Fsp3) is 0.444. The van der Waals surface area contributed by atoms with E-state index in [9.17, 15) is 18.0 Å². The van der Waals surface area contributed by atoms with Gasteiger partial charge in [0.2, 0.25) is 0 Å². The Labute approximate surface area is 153 Å².